The van der Waals surface area contributed by atoms with Crippen molar-refractivity contribution in [1.29, 1.82) is 0 Å². The SMILES string of the molecule is CN(SOc1cc(C(F)F)nn1C)C(C)(C)C1CCN(C(=O)Nc2ccon2)CC1. The third-order valence-electron chi connectivity index (χ3n) is 5.58. The minimum atomic E-state index is -2.64. The molecule has 0 aromatic carbocycles. The fourth-order valence-electron chi connectivity index (χ4n) is 3.36. The first-order chi connectivity index (χ1) is 14.2. The summed E-state index contributed by atoms with van der Waals surface area (Å²) >= 11 is 1.10. The van der Waals surface area contributed by atoms with Crippen molar-refractivity contribution in [3.8, 4) is 5.88 Å². The van der Waals surface area contributed by atoms with Crippen LogP contribution < -0.4 is 9.50 Å². The molecular formula is C18H26F2N6O3S. The molecule has 1 N–H and O–H groups in total. The number of urea groups is 1. The maximum absolute atomic E-state index is 12.8. The zero-order chi connectivity index (χ0) is 21.9. The molecule has 2 aromatic heterocycles. The van der Waals surface area contributed by atoms with Crippen molar-refractivity contribution in [3.05, 3.63) is 24.1 Å². The first kappa shape index (κ1) is 22.3. The van der Waals surface area contributed by atoms with Crippen LogP contribution in [0.4, 0.5) is 19.4 Å². The predicted molar refractivity (Wildman–Crippen MR) is 108 cm³/mol. The van der Waals surface area contributed by atoms with Crippen molar-refractivity contribution in [2.24, 2.45) is 13.0 Å². The Morgan fingerprint density at radius 1 is 1.43 bits per heavy atom. The number of alkyl halides is 2. The summed E-state index contributed by atoms with van der Waals surface area (Å²) in [5.74, 6) is 0.969. The smallest absolute Gasteiger partial charge is 0.323 e. The molecular weight excluding hydrogens is 418 g/mol. The van der Waals surface area contributed by atoms with Gasteiger partial charge in [-0.1, -0.05) is 5.16 Å². The summed E-state index contributed by atoms with van der Waals surface area (Å²) in [5, 5.41) is 10.1. The number of halogens is 2. The highest BCUT2D eigenvalue weighted by atomic mass is 32.2. The van der Waals surface area contributed by atoms with Crippen molar-refractivity contribution in [3.63, 3.8) is 0 Å². The van der Waals surface area contributed by atoms with Crippen molar-refractivity contribution >= 4 is 24.1 Å². The summed E-state index contributed by atoms with van der Waals surface area (Å²) in [7, 11) is 3.46. The highest BCUT2D eigenvalue weighted by molar-refractivity contribution is 7.92. The van der Waals surface area contributed by atoms with E-state index in [0.29, 0.717) is 24.8 Å². The molecule has 2 amide bonds. The van der Waals surface area contributed by atoms with E-state index in [9.17, 15) is 13.6 Å². The van der Waals surface area contributed by atoms with Crippen LogP contribution >= 0.6 is 12.2 Å². The van der Waals surface area contributed by atoms with E-state index in [1.54, 1.807) is 18.0 Å². The highest BCUT2D eigenvalue weighted by Gasteiger charge is 2.38. The maximum Gasteiger partial charge on any atom is 0.323 e. The number of aryl methyl sites for hydroxylation is 1. The standard InChI is InChI=1S/C18H26F2N6O3S/c1-18(2,25(4)30-29-15-11-13(16(19)20)22-24(15)3)12-5-8-26(9-6-12)17(27)21-14-7-10-28-23-14/h7,10-12,16H,5-6,8-9H2,1-4H3,(H,21,23,27). The number of hydrogen-bond acceptors (Lipinski definition) is 7. The highest BCUT2D eigenvalue weighted by Crippen LogP contribution is 2.36. The number of amides is 2. The van der Waals surface area contributed by atoms with Crippen LogP contribution in [-0.4, -0.2) is 55.8 Å². The molecule has 2 aromatic rings. The Morgan fingerprint density at radius 3 is 2.70 bits per heavy atom. The molecule has 0 unspecified atom stereocenters. The molecule has 1 aliphatic heterocycles. The number of aromatic nitrogens is 3. The number of nitrogens with one attached hydrogen (secondary N) is 1. The van der Waals surface area contributed by atoms with Crippen molar-refractivity contribution in [2.75, 3.05) is 25.5 Å². The number of likely N-dealkylation sites (tertiary alicyclic amines) is 1. The van der Waals surface area contributed by atoms with Gasteiger partial charge in [-0.3, -0.25) is 5.32 Å². The van der Waals surface area contributed by atoms with Gasteiger partial charge in [-0.2, -0.15) is 5.10 Å². The molecule has 0 bridgehead atoms. The Kier molecular flexibility index (Phi) is 6.86. The van der Waals surface area contributed by atoms with Gasteiger partial charge in [0.2, 0.25) is 5.88 Å². The van der Waals surface area contributed by atoms with E-state index in [0.717, 1.165) is 25.1 Å². The minimum absolute atomic E-state index is 0.197. The van der Waals surface area contributed by atoms with Crippen molar-refractivity contribution < 1.29 is 22.3 Å². The maximum atomic E-state index is 12.8. The van der Waals surface area contributed by atoms with Crippen LogP contribution in [0.3, 0.4) is 0 Å². The van der Waals surface area contributed by atoms with Crippen LogP contribution in [-0.2, 0) is 7.05 Å². The normalized spacial score (nSPS) is 15.8. The average molecular weight is 445 g/mol. The molecule has 3 heterocycles. The summed E-state index contributed by atoms with van der Waals surface area (Å²) in [6.07, 6.45) is 0.413. The number of carbonyl (C=O) groups is 1. The summed E-state index contributed by atoms with van der Waals surface area (Å²) in [5.41, 5.74) is -0.560. The first-order valence-corrected chi connectivity index (χ1v) is 10.2. The van der Waals surface area contributed by atoms with Crippen LogP contribution in [0, 0.1) is 5.92 Å². The summed E-state index contributed by atoms with van der Waals surface area (Å²) < 4.78 is 39.2. The van der Waals surface area contributed by atoms with Gasteiger partial charge in [-0.25, -0.2) is 22.6 Å². The molecule has 1 saturated heterocycles. The van der Waals surface area contributed by atoms with E-state index in [1.165, 1.54) is 17.0 Å². The van der Waals surface area contributed by atoms with Gasteiger partial charge in [-0.05, 0) is 32.6 Å². The van der Waals surface area contributed by atoms with Crippen LogP contribution in [0.15, 0.2) is 22.9 Å². The average Bonchev–Trinajstić information content (AvgIpc) is 3.35. The van der Waals surface area contributed by atoms with Gasteiger partial charge in [0, 0.05) is 44.9 Å². The first-order valence-electron chi connectivity index (χ1n) is 9.55. The van der Waals surface area contributed by atoms with E-state index in [1.807, 2.05) is 11.4 Å². The molecule has 9 nitrogen and oxygen atoms in total. The van der Waals surface area contributed by atoms with Crippen LogP contribution in [0.2, 0.25) is 0 Å². The second-order valence-corrected chi connectivity index (χ2v) is 8.58. The van der Waals surface area contributed by atoms with Crippen LogP contribution in [0.5, 0.6) is 5.88 Å². The van der Waals surface area contributed by atoms with Crippen molar-refractivity contribution in [2.45, 2.75) is 38.7 Å². The van der Waals surface area contributed by atoms with Gasteiger partial charge in [0.1, 0.15) is 24.2 Å². The van der Waals surface area contributed by atoms with Gasteiger partial charge in [0.15, 0.2) is 5.82 Å². The van der Waals surface area contributed by atoms with E-state index in [4.69, 9.17) is 8.71 Å². The molecule has 1 fully saturated rings. The second-order valence-electron chi connectivity index (χ2n) is 7.72. The zero-order valence-corrected chi connectivity index (χ0v) is 18.2. The van der Waals surface area contributed by atoms with Gasteiger partial charge in [0.25, 0.3) is 6.43 Å². The lowest BCUT2D eigenvalue weighted by Crippen LogP contribution is -2.50. The Hall–Kier alpha value is -2.34. The molecule has 1 aliphatic rings. The quantitative estimate of drug-likeness (QED) is 0.511. The molecule has 0 aliphatic carbocycles. The molecule has 166 valence electrons. The molecule has 0 spiro atoms. The Labute approximate surface area is 178 Å². The monoisotopic (exact) mass is 444 g/mol. The number of nitrogens with zero attached hydrogens (tertiary/aromatic N) is 5. The predicted octanol–water partition coefficient (Wildman–Crippen LogP) is 3.94. The lowest BCUT2D eigenvalue weighted by atomic mass is 9.80. The minimum Gasteiger partial charge on any atom is -0.390 e. The Balaban J connectivity index is 1.51. The van der Waals surface area contributed by atoms with Crippen molar-refractivity contribution in [1.82, 2.24) is 24.1 Å². The van der Waals surface area contributed by atoms with Gasteiger partial charge >= 0.3 is 6.03 Å². The Bertz CT molecular complexity index is 837. The third-order valence-corrected chi connectivity index (χ3v) is 6.52. The van der Waals surface area contributed by atoms with E-state index >= 15 is 0 Å². The number of piperidine rings is 1. The Morgan fingerprint density at radius 2 is 2.13 bits per heavy atom. The molecule has 0 radical (unpaired) electrons. The lowest BCUT2D eigenvalue weighted by molar-refractivity contribution is 0.105. The van der Waals surface area contributed by atoms with Gasteiger partial charge in [0.05, 0.1) is 0 Å². The zero-order valence-electron chi connectivity index (χ0n) is 17.3. The number of hydrogen-bond donors (Lipinski definition) is 1. The van der Waals surface area contributed by atoms with Gasteiger partial charge < -0.3 is 13.6 Å². The van der Waals surface area contributed by atoms with Crippen LogP contribution in [0.1, 0.15) is 38.8 Å². The summed E-state index contributed by atoms with van der Waals surface area (Å²) in [4.78, 5) is 14.1. The second kappa shape index (κ2) is 9.21. The molecule has 0 atom stereocenters. The molecule has 0 saturated carbocycles. The van der Waals surface area contributed by atoms with Gasteiger partial charge in [-0.15, -0.1) is 0 Å². The van der Waals surface area contributed by atoms with Crippen LogP contribution in [0.25, 0.3) is 0 Å². The fourth-order valence-corrected chi connectivity index (χ4v) is 4.04. The van der Waals surface area contributed by atoms with E-state index in [2.05, 4.69) is 29.4 Å². The number of rotatable bonds is 7. The molecule has 30 heavy (non-hydrogen) atoms. The fraction of sp³-hybridized carbons (Fsp3) is 0.611. The summed E-state index contributed by atoms with van der Waals surface area (Å²) in [6, 6.07) is 2.63. The van der Waals surface area contributed by atoms with E-state index in [-0.39, 0.29) is 23.1 Å². The molecule has 12 heteroatoms. The number of anilines is 1. The third kappa shape index (κ3) is 5.04. The molecule has 3 rings (SSSR count). The largest absolute Gasteiger partial charge is 0.390 e. The topological polar surface area (TPSA) is 88.7 Å². The lowest BCUT2D eigenvalue weighted by Gasteiger charge is -2.44. The van der Waals surface area contributed by atoms with E-state index < -0.39 is 6.43 Å². The number of carbonyl (C=O) groups excluding carboxylic acids is 1. The summed E-state index contributed by atoms with van der Waals surface area (Å²) in [6.45, 7) is 5.45.